The second-order valence-electron chi connectivity index (χ2n) is 5.41. The average Bonchev–Trinajstić information content (AvgIpc) is 2.67. The van der Waals surface area contributed by atoms with E-state index in [1.807, 2.05) is 43.3 Å². The first-order chi connectivity index (χ1) is 12.6. The number of benzene rings is 2. The number of nitrogens with one attached hydrogen (secondary N) is 1. The van der Waals surface area contributed by atoms with E-state index in [1.54, 1.807) is 18.3 Å². The summed E-state index contributed by atoms with van der Waals surface area (Å²) in [4.78, 5) is 12.3. The number of hydrogen-bond acceptors (Lipinski definition) is 5. The number of carbonyl (C=O) groups excluding carboxylic acids is 1. The van der Waals surface area contributed by atoms with Gasteiger partial charge in [0, 0.05) is 5.56 Å². The van der Waals surface area contributed by atoms with Crippen molar-refractivity contribution in [2.75, 3.05) is 21.3 Å². The molecule has 0 spiro atoms. The van der Waals surface area contributed by atoms with Crippen molar-refractivity contribution in [2.45, 2.75) is 6.92 Å². The third kappa shape index (κ3) is 4.86. The first-order valence-electron chi connectivity index (χ1n) is 7.95. The second-order valence-corrected chi connectivity index (χ2v) is 5.41. The predicted octanol–water partition coefficient (Wildman–Crippen LogP) is 3.53. The number of allylic oxidation sites excluding steroid dienone is 1. The maximum Gasteiger partial charge on any atom is 0.271 e. The van der Waals surface area contributed by atoms with E-state index in [2.05, 4.69) is 10.5 Å². The Kier molecular flexibility index (Phi) is 6.79. The summed E-state index contributed by atoms with van der Waals surface area (Å²) in [7, 11) is 4.50. The lowest BCUT2D eigenvalue weighted by atomic mass is 10.1. The van der Waals surface area contributed by atoms with Crippen LogP contribution in [0.5, 0.6) is 17.2 Å². The molecule has 0 radical (unpaired) electrons. The molecule has 0 heterocycles. The van der Waals surface area contributed by atoms with Crippen LogP contribution in [0, 0.1) is 0 Å². The Hall–Kier alpha value is -3.28. The Balaban J connectivity index is 2.11. The fourth-order valence-electron chi connectivity index (χ4n) is 2.32. The smallest absolute Gasteiger partial charge is 0.271 e. The van der Waals surface area contributed by atoms with Gasteiger partial charge in [0.1, 0.15) is 0 Å². The standard InChI is InChI=1S/C20H22N2O4/c1-14(10-15-8-6-5-7-9-15)13-21-22-20(23)16-11-17(24-2)19(26-4)18(12-16)25-3/h5-13H,1-4H3,(H,22,23)/b14-10-,21-13-. The van der Waals surface area contributed by atoms with Crippen LogP contribution in [-0.4, -0.2) is 33.5 Å². The van der Waals surface area contributed by atoms with E-state index in [0.29, 0.717) is 22.8 Å². The minimum Gasteiger partial charge on any atom is -0.493 e. The van der Waals surface area contributed by atoms with Gasteiger partial charge in [-0.2, -0.15) is 5.10 Å². The third-order valence-corrected chi connectivity index (χ3v) is 3.56. The van der Waals surface area contributed by atoms with E-state index in [4.69, 9.17) is 14.2 Å². The van der Waals surface area contributed by atoms with Crippen molar-refractivity contribution in [3.63, 3.8) is 0 Å². The molecule has 0 bridgehead atoms. The van der Waals surface area contributed by atoms with Crippen LogP contribution < -0.4 is 19.6 Å². The molecule has 0 unspecified atom stereocenters. The Labute approximate surface area is 153 Å². The highest BCUT2D eigenvalue weighted by atomic mass is 16.5. The van der Waals surface area contributed by atoms with Crippen molar-refractivity contribution >= 4 is 18.2 Å². The Morgan fingerprint density at radius 3 is 2.15 bits per heavy atom. The van der Waals surface area contributed by atoms with Gasteiger partial charge in [-0.3, -0.25) is 4.79 Å². The number of methoxy groups -OCH3 is 3. The van der Waals surface area contributed by atoms with E-state index in [1.165, 1.54) is 21.3 Å². The van der Waals surface area contributed by atoms with E-state index in [-0.39, 0.29) is 5.91 Å². The largest absolute Gasteiger partial charge is 0.493 e. The molecule has 0 saturated heterocycles. The van der Waals surface area contributed by atoms with Crippen LogP contribution in [0.3, 0.4) is 0 Å². The molecule has 0 fully saturated rings. The number of hydrazone groups is 1. The molecule has 0 aliphatic carbocycles. The highest BCUT2D eigenvalue weighted by Gasteiger charge is 2.16. The second kappa shape index (κ2) is 9.27. The van der Waals surface area contributed by atoms with Crippen LogP contribution in [0.4, 0.5) is 0 Å². The predicted molar refractivity (Wildman–Crippen MR) is 102 cm³/mol. The summed E-state index contributed by atoms with van der Waals surface area (Å²) in [6, 6.07) is 13.0. The van der Waals surface area contributed by atoms with Gasteiger partial charge in [-0.05, 0) is 30.2 Å². The molecule has 0 saturated carbocycles. The SMILES string of the molecule is COc1cc(C(=O)N/N=C\C(C)=C/c2ccccc2)cc(OC)c1OC. The van der Waals surface area contributed by atoms with Crippen LogP contribution in [0.25, 0.3) is 6.08 Å². The van der Waals surface area contributed by atoms with Gasteiger partial charge in [0.25, 0.3) is 5.91 Å². The molecule has 0 aromatic heterocycles. The quantitative estimate of drug-likeness (QED) is 0.610. The Bertz CT molecular complexity index is 789. The summed E-state index contributed by atoms with van der Waals surface area (Å²) < 4.78 is 15.7. The molecule has 26 heavy (non-hydrogen) atoms. The monoisotopic (exact) mass is 354 g/mol. The van der Waals surface area contributed by atoms with Crippen LogP contribution in [0.1, 0.15) is 22.8 Å². The van der Waals surface area contributed by atoms with E-state index in [0.717, 1.165) is 11.1 Å². The molecule has 0 aliphatic heterocycles. The van der Waals surface area contributed by atoms with E-state index < -0.39 is 0 Å². The third-order valence-electron chi connectivity index (χ3n) is 3.56. The zero-order valence-electron chi connectivity index (χ0n) is 15.3. The first kappa shape index (κ1) is 19.1. The summed E-state index contributed by atoms with van der Waals surface area (Å²) in [5.74, 6) is 0.854. The zero-order valence-corrected chi connectivity index (χ0v) is 15.3. The number of hydrogen-bond donors (Lipinski definition) is 1. The number of ether oxygens (including phenoxy) is 3. The summed E-state index contributed by atoms with van der Waals surface area (Å²) in [6.07, 6.45) is 3.55. The van der Waals surface area contributed by atoms with E-state index in [9.17, 15) is 4.79 Å². The molecule has 0 atom stereocenters. The molecule has 0 aliphatic rings. The normalized spacial score (nSPS) is 11.3. The number of rotatable bonds is 7. The van der Waals surface area contributed by atoms with E-state index >= 15 is 0 Å². The number of nitrogens with zero attached hydrogens (tertiary/aromatic N) is 1. The fraction of sp³-hybridized carbons (Fsp3) is 0.200. The molecular weight excluding hydrogens is 332 g/mol. The molecule has 2 rings (SSSR count). The van der Waals surface area contributed by atoms with Crippen molar-refractivity contribution in [1.29, 1.82) is 0 Å². The van der Waals surface area contributed by atoms with Gasteiger partial charge < -0.3 is 14.2 Å². The lowest BCUT2D eigenvalue weighted by Gasteiger charge is -2.13. The Morgan fingerprint density at radius 1 is 1.00 bits per heavy atom. The molecule has 1 amide bonds. The van der Waals surface area contributed by atoms with Crippen molar-refractivity contribution in [2.24, 2.45) is 5.10 Å². The fourth-order valence-corrected chi connectivity index (χ4v) is 2.32. The summed E-state index contributed by atoms with van der Waals surface area (Å²) in [6.45, 7) is 1.90. The minimum absolute atomic E-state index is 0.348. The van der Waals surface area contributed by atoms with Crippen LogP contribution >= 0.6 is 0 Å². The van der Waals surface area contributed by atoms with Gasteiger partial charge in [-0.25, -0.2) is 5.43 Å². The summed E-state index contributed by atoms with van der Waals surface area (Å²) >= 11 is 0. The van der Waals surface area contributed by atoms with Gasteiger partial charge in [0.15, 0.2) is 11.5 Å². The minimum atomic E-state index is -0.381. The lowest BCUT2D eigenvalue weighted by Crippen LogP contribution is -2.18. The molecule has 136 valence electrons. The summed E-state index contributed by atoms with van der Waals surface area (Å²) in [5.41, 5.74) is 4.81. The summed E-state index contributed by atoms with van der Waals surface area (Å²) in [5, 5.41) is 3.99. The molecular formula is C20H22N2O4. The molecule has 1 N–H and O–H groups in total. The van der Waals surface area contributed by atoms with Crippen LogP contribution in [0.2, 0.25) is 0 Å². The van der Waals surface area contributed by atoms with Gasteiger partial charge in [-0.15, -0.1) is 0 Å². The number of amides is 1. The van der Waals surface area contributed by atoms with Gasteiger partial charge in [0.05, 0.1) is 27.5 Å². The molecule has 2 aromatic carbocycles. The van der Waals surface area contributed by atoms with Gasteiger partial charge in [0.2, 0.25) is 5.75 Å². The molecule has 6 nitrogen and oxygen atoms in total. The van der Waals surface area contributed by atoms with Crippen molar-refractivity contribution in [1.82, 2.24) is 5.43 Å². The molecule has 6 heteroatoms. The topological polar surface area (TPSA) is 69.2 Å². The lowest BCUT2D eigenvalue weighted by molar-refractivity contribution is 0.0954. The Morgan fingerprint density at radius 2 is 1.62 bits per heavy atom. The van der Waals surface area contributed by atoms with Crippen molar-refractivity contribution in [3.8, 4) is 17.2 Å². The zero-order chi connectivity index (χ0) is 18.9. The van der Waals surface area contributed by atoms with Crippen LogP contribution in [0.15, 0.2) is 53.1 Å². The highest BCUT2D eigenvalue weighted by molar-refractivity contribution is 5.96. The number of carbonyl (C=O) groups is 1. The average molecular weight is 354 g/mol. The highest BCUT2D eigenvalue weighted by Crippen LogP contribution is 2.38. The van der Waals surface area contributed by atoms with Crippen molar-refractivity contribution < 1.29 is 19.0 Å². The first-order valence-corrected chi connectivity index (χ1v) is 7.95. The van der Waals surface area contributed by atoms with Crippen LogP contribution in [-0.2, 0) is 0 Å². The van der Waals surface area contributed by atoms with Gasteiger partial charge in [-0.1, -0.05) is 36.4 Å². The van der Waals surface area contributed by atoms with Crippen molar-refractivity contribution in [3.05, 3.63) is 59.2 Å². The maximum absolute atomic E-state index is 12.3. The molecule has 2 aromatic rings. The van der Waals surface area contributed by atoms with Gasteiger partial charge >= 0.3 is 0 Å². The maximum atomic E-state index is 12.3.